The number of carbonyl (C=O) groups excluding carboxylic acids is 1. The van der Waals surface area contributed by atoms with Crippen LogP contribution < -0.4 is 14.8 Å². The summed E-state index contributed by atoms with van der Waals surface area (Å²) in [4.78, 5) is 11.8. The highest BCUT2D eigenvalue weighted by molar-refractivity contribution is 6.01. The van der Waals surface area contributed by atoms with E-state index in [1.165, 1.54) is 6.08 Å². The summed E-state index contributed by atoms with van der Waals surface area (Å²) in [5, 5.41) is 2.77. The molecule has 1 N–H and O–H groups in total. The molecule has 3 rings (SSSR count). The quantitative estimate of drug-likeness (QED) is 0.880. The molecule has 1 aromatic heterocycles. The van der Waals surface area contributed by atoms with Gasteiger partial charge >= 0.3 is 0 Å². The van der Waals surface area contributed by atoms with Crippen molar-refractivity contribution in [2.45, 2.75) is 6.42 Å². The molecule has 1 aromatic carbocycles. The Labute approximate surface area is 122 Å². The van der Waals surface area contributed by atoms with Gasteiger partial charge in [-0.3, -0.25) is 4.79 Å². The molecule has 21 heavy (non-hydrogen) atoms. The molecule has 2 heterocycles. The zero-order valence-corrected chi connectivity index (χ0v) is 11.4. The lowest BCUT2D eigenvalue weighted by molar-refractivity contribution is -0.111. The lowest BCUT2D eigenvalue weighted by atomic mass is 10.2. The fourth-order valence-electron chi connectivity index (χ4n) is 1.97. The Balaban J connectivity index is 1.67. The maximum Gasteiger partial charge on any atom is 0.248 e. The van der Waals surface area contributed by atoms with Gasteiger partial charge < -0.3 is 19.2 Å². The number of anilines is 1. The maximum absolute atomic E-state index is 11.8. The first kappa shape index (κ1) is 13.3. The van der Waals surface area contributed by atoms with Gasteiger partial charge in [-0.15, -0.1) is 0 Å². The molecule has 0 spiro atoms. The Kier molecular flexibility index (Phi) is 3.91. The molecule has 1 aliphatic heterocycles. The van der Waals surface area contributed by atoms with Gasteiger partial charge in [0.25, 0.3) is 0 Å². The van der Waals surface area contributed by atoms with Crippen LogP contribution in [0.3, 0.4) is 0 Å². The number of hydrogen-bond acceptors (Lipinski definition) is 4. The third-order valence-corrected chi connectivity index (χ3v) is 2.96. The molecule has 0 atom stereocenters. The van der Waals surface area contributed by atoms with E-state index in [-0.39, 0.29) is 5.91 Å². The highest BCUT2D eigenvalue weighted by Crippen LogP contribution is 2.32. The number of rotatable bonds is 3. The van der Waals surface area contributed by atoms with Gasteiger partial charge in [0.1, 0.15) is 5.76 Å². The fourth-order valence-corrected chi connectivity index (χ4v) is 1.97. The zero-order chi connectivity index (χ0) is 14.5. The number of hydrogen-bond donors (Lipinski definition) is 1. The van der Waals surface area contributed by atoms with E-state index in [9.17, 15) is 4.79 Å². The van der Waals surface area contributed by atoms with E-state index in [4.69, 9.17) is 13.9 Å². The normalized spacial score (nSPS) is 13.9. The lowest BCUT2D eigenvalue weighted by Crippen LogP contribution is -2.07. The Morgan fingerprint density at radius 1 is 1.14 bits per heavy atom. The Morgan fingerprint density at radius 3 is 2.81 bits per heavy atom. The number of benzene rings is 1. The molecule has 0 bridgehead atoms. The smallest absolute Gasteiger partial charge is 0.248 e. The molecule has 0 unspecified atom stereocenters. The molecule has 0 fully saturated rings. The van der Waals surface area contributed by atoms with Crippen LogP contribution >= 0.6 is 0 Å². The van der Waals surface area contributed by atoms with Crippen molar-refractivity contribution in [1.29, 1.82) is 0 Å². The van der Waals surface area contributed by atoms with E-state index in [1.54, 1.807) is 42.7 Å². The zero-order valence-electron chi connectivity index (χ0n) is 11.4. The van der Waals surface area contributed by atoms with Gasteiger partial charge in [-0.2, -0.15) is 0 Å². The minimum Gasteiger partial charge on any atom is -0.490 e. The minimum absolute atomic E-state index is 0.235. The molecule has 0 saturated heterocycles. The van der Waals surface area contributed by atoms with E-state index in [2.05, 4.69) is 5.32 Å². The van der Waals surface area contributed by atoms with Gasteiger partial charge in [0.2, 0.25) is 5.91 Å². The number of amides is 1. The molecule has 108 valence electrons. The second-order valence-electron chi connectivity index (χ2n) is 4.55. The van der Waals surface area contributed by atoms with Gasteiger partial charge in [0, 0.05) is 24.3 Å². The van der Waals surface area contributed by atoms with Crippen molar-refractivity contribution in [3.63, 3.8) is 0 Å². The second kappa shape index (κ2) is 6.17. The topological polar surface area (TPSA) is 60.7 Å². The van der Waals surface area contributed by atoms with Crippen LogP contribution in [0.2, 0.25) is 0 Å². The Bertz CT molecular complexity index is 646. The summed E-state index contributed by atoms with van der Waals surface area (Å²) in [6, 6.07) is 8.89. The van der Waals surface area contributed by atoms with Crippen LogP contribution in [-0.4, -0.2) is 19.1 Å². The number of carbonyl (C=O) groups is 1. The molecule has 0 saturated carbocycles. The molecule has 1 amide bonds. The molecule has 5 heteroatoms. The average molecular weight is 285 g/mol. The van der Waals surface area contributed by atoms with Gasteiger partial charge in [-0.1, -0.05) is 0 Å². The summed E-state index contributed by atoms with van der Waals surface area (Å²) in [6.07, 6.45) is 5.43. The van der Waals surface area contributed by atoms with Gasteiger partial charge in [0.15, 0.2) is 11.5 Å². The summed E-state index contributed by atoms with van der Waals surface area (Å²) in [6.45, 7) is 1.26. The Hall–Kier alpha value is -2.69. The van der Waals surface area contributed by atoms with Crippen LogP contribution in [0.4, 0.5) is 5.69 Å². The van der Waals surface area contributed by atoms with E-state index in [0.29, 0.717) is 36.2 Å². The molecule has 1 aliphatic rings. The number of nitrogens with one attached hydrogen (secondary N) is 1. The second-order valence-corrected chi connectivity index (χ2v) is 4.55. The predicted octanol–water partition coefficient (Wildman–Crippen LogP) is 3.09. The fraction of sp³-hybridized carbons (Fsp3) is 0.188. The van der Waals surface area contributed by atoms with Crippen molar-refractivity contribution in [3.8, 4) is 11.5 Å². The predicted molar refractivity (Wildman–Crippen MR) is 78.4 cm³/mol. The number of furan rings is 1. The summed E-state index contributed by atoms with van der Waals surface area (Å²) in [5.41, 5.74) is 0.661. The van der Waals surface area contributed by atoms with Crippen molar-refractivity contribution < 1.29 is 18.7 Å². The first-order chi connectivity index (χ1) is 10.3. The monoisotopic (exact) mass is 285 g/mol. The van der Waals surface area contributed by atoms with E-state index in [0.717, 1.165) is 6.42 Å². The summed E-state index contributed by atoms with van der Waals surface area (Å²) < 4.78 is 16.2. The van der Waals surface area contributed by atoms with Crippen molar-refractivity contribution in [2.75, 3.05) is 18.5 Å². The largest absolute Gasteiger partial charge is 0.490 e. The standard InChI is InChI=1S/C16H15NO4/c18-16(7-5-13-3-1-8-19-13)17-12-4-6-14-15(11-12)21-10-2-9-20-14/h1,3-8,11H,2,9-10H2,(H,17,18). The van der Waals surface area contributed by atoms with Gasteiger partial charge in [-0.25, -0.2) is 0 Å². The summed E-state index contributed by atoms with van der Waals surface area (Å²) >= 11 is 0. The van der Waals surface area contributed by atoms with Gasteiger partial charge in [0.05, 0.1) is 19.5 Å². The van der Waals surface area contributed by atoms with Crippen LogP contribution in [0, 0.1) is 0 Å². The molecule has 0 aliphatic carbocycles. The van der Waals surface area contributed by atoms with E-state index in [1.807, 2.05) is 0 Å². The van der Waals surface area contributed by atoms with Crippen LogP contribution in [0.5, 0.6) is 11.5 Å². The SMILES string of the molecule is O=C(C=Cc1ccco1)Nc1ccc2c(c1)OCCCO2. The number of ether oxygens (including phenoxy) is 2. The number of fused-ring (bicyclic) bond motifs is 1. The molecule has 0 radical (unpaired) electrons. The summed E-state index contributed by atoms with van der Waals surface area (Å²) in [5.74, 6) is 1.75. The molecule has 5 nitrogen and oxygen atoms in total. The highest BCUT2D eigenvalue weighted by Gasteiger charge is 2.11. The minimum atomic E-state index is -0.235. The van der Waals surface area contributed by atoms with Crippen molar-refractivity contribution in [3.05, 3.63) is 48.4 Å². The third kappa shape index (κ3) is 3.45. The van der Waals surface area contributed by atoms with Crippen LogP contribution in [0.15, 0.2) is 47.1 Å². The van der Waals surface area contributed by atoms with Crippen molar-refractivity contribution >= 4 is 17.7 Å². The van der Waals surface area contributed by atoms with Crippen molar-refractivity contribution in [2.24, 2.45) is 0 Å². The lowest BCUT2D eigenvalue weighted by Gasteiger charge is -2.09. The van der Waals surface area contributed by atoms with E-state index < -0.39 is 0 Å². The van der Waals surface area contributed by atoms with Crippen LogP contribution in [0.1, 0.15) is 12.2 Å². The highest BCUT2D eigenvalue weighted by atomic mass is 16.5. The van der Waals surface area contributed by atoms with Crippen LogP contribution in [-0.2, 0) is 4.79 Å². The summed E-state index contributed by atoms with van der Waals surface area (Å²) in [7, 11) is 0. The average Bonchev–Trinajstić information content (AvgIpc) is 2.90. The first-order valence-electron chi connectivity index (χ1n) is 6.73. The molecule has 2 aromatic rings. The van der Waals surface area contributed by atoms with Crippen LogP contribution in [0.25, 0.3) is 6.08 Å². The van der Waals surface area contributed by atoms with E-state index >= 15 is 0 Å². The Morgan fingerprint density at radius 2 is 2.00 bits per heavy atom. The maximum atomic E-state index is 11.8. The molecular formula is C16H15NO4. The van der Waals surface area contributed by atoms with Crippen molar-refractivity contribution in [1.82, 2.24) is 0 Å². The third-order valence-electron chi connectivity index (χ3n) is 2.96. The molecular weight excluding hydrogens is 270 g/mol. The van der Waals surface area contributed by atoms with Gasteiger partial charge in [-0.05, 0) is 30.3 Å². The first-order valence-corrected chi connectivity index (χ1v) is 6.73.